The Morgan fingerprint density at radius 2 is 2.15 bits per heavy atom. The van der Waals surface area contributed by atoms with Gasteiger partial charge in [0.1, 0.15) is 11.9 Å². The molecule has 6 N–H and O–H groups in total. The fourth-order valence-corrected chi connectivity index (χ4v) is 1.33. The molecule has 0 bridgehead atoms. The van der Waals surface area contributed by atoms with Crippen molar-refractivity contribution in [2.45, 2.75) is 12.5 Å². The van der Waals surface area contributed by atoms with Crippen molar-refractivity contribution in [1.29, 1.82) is 0 Å². The van der Waals surface area contributed by atoms with Crippen LogP contribution in [0.25, 0.3) is 0 Å². The molecule has 0 saturated carbocycles. The van der Waals surface area contributed by atoms with E-state index in [1.165, 1.54) is 0 Å². The quantitative estimate of drug-likeness (QED) is 0.419. The molecule has 0 amide bonds. The summed E-state index contributed by atoms with van der Waals surface area (Å²) in [6.07, 6.45) is 0.391. The SMILES string of the molecule is NCC(CN)C(O)C1=NCCCN1. The van der Waals surface area contributed by atoms with E-state index >= 15 is 0 Å². The van der Waals surface area contributed by atoms with Crippen molar-refractivity contribution in [3.63, 3.8) is 0 Å². The predicted molar refractivity (Wildman–Crippen MR) is 52.5 cm³/mol. The van der Waals surface area contributed by atoms with Crippen molar-refractivity contribution >= 4 is 5.84 Å². The Labute approximate surface area is 78.2 Å². The molecule has 0 aliphatic carbocycles. The largest absolute Gasteiger partial charge is 0.385 e. The first-order valence-electron chi connectivity index (χ1n) is 4.66. The molecular weight excluding hydrogens is 168 g/mol. The van der Waals surface area contributed by atoms with Gasteiger partial charge in [0, 0.05) is 19.0 Å². The van der Waals surface area contributed by atoms with Crippen molar-refractivity contribution < 1.29 is 5.11 Å². The van der Waals surface area contributed by atoms with Crippen LogP contribution in [-0.2, 0) is 0 Å². The first kappa shape index (κ1) is 10.4. The molecule has 1 rings (SSSR count). The van der Waals surface area contributed by atoms with Gasteiger partial charge in [0.25, 0.3) is 0 Å². The van der Waals surface area contributed by atoms with E-state index < -0.39 is 6.10 Å². The summed E-state index contributed by atoms with van der Waals surface area (Å²) < 4.78 is 0. The van der Waals surface area contributed by atoms with Crippen LogP contribution in [0.3, 0.4) is 0 Å². The van der Waals surface area contributed by atoms with Crippen LogP contribution in [0.15, 0.2) is 4.99 Å². The number of aliphatic imine (C=N–C) groups is 1. The molecular formula is C8H18N4O. The van der Waals surface area contributed by atoms with Crippen LogP contribution in [-0.4, -0.2) is 43.2 Å². The lowest BCUT2D eigenvalue weighted by atomic mass is 10.0. The average molecular weight is 186 g/mol. The maximum absolute atomic E-state index is 9.78. The van der Waals surface area contributed by atoms with Crippen molar-refractivity contribution in [2.75, 3.05) is 26.2 Å². The lowest BCUT2D eigenvalue weighted by molar-refractivity contribution is 0.173. The van der Waals surface area contributed by atoms with Crippen LogP contribution in [0, 0.1) is 5.92 Å². The molecule has 0 spiro atoms. The third-order valence-corrected chi connectivity index (χ3v) is 2.26. The molecule has 0 aromatic rings. The standard InChI is InChI=1S/C8H18N4O/c9-4-6(5-10)7(13)8-11-2-1-3-12-8/h6-7,13H,1-5,9-10H2,(H,11,12). The molecule has 1 aliphatic heterocycles. The first-order chi connectivity index (χ1) is 6.29. The normalized spacial score (nSPS) is 19.5. The van der Waals surface area contributed by atoms with Gasteiger partial charge in [-0.1, -0.05) is 0 Å². The molecule has 0 aromatic carbocycles. The Kier molecular flexibility index (Phi) is 4.14. The summed E-state index contributed by atoms with van der Waals surface area (Å²) in [7, 11) is 0. The van der Waals surface area contributed by atoms with E-state index in [0.717, 1.165) is 19.5 Å². The minimum absolute atomic E-state index is 0.0932. The minimum Gasteiger partial charge on any atom is -0.385 e. The number of aliphatic hydroxyl groups is 1. The average Bonchev–Trinajstić information content (AvgIpc) is 2.21. The zero-order valence-corrected chi connectivity index (χ0v) is 7.74. The Hall–Kier alpha value is -0.650. The number of hydrogen-bond acceptors (Lipinski definition) is 5. The molecule has 0 aromatic heterocycles. The number of aliphatic hydroxyl groups excluding tert-OH is 1. The highest BCUT2D eigenvalue weighted by Crippen LogP contribution is 2.04. The molecule has 1 heterocycles. The second-order valence-corrected chi connectivity index (χ2v) is 3.22. The molecule has 76 valence electrons. The first-order valence-corrected chi connectivity index (χ1v) is 4.66. The maximum atomic E-state index is 9.78. The van der Waals surface area contributed by atoms with Gasteiger partial charge in [0.15, 0.2) is 0 Å². The summed E-state index contributed by atoms with van der Waals surface area (Å²) >= 11 is 0. The summed E-state index contributed by atoms with van der Waals surface area (Å²) in [5, 5.41) is 12.8. The number of rotatable bonds is 4. The highest BCUT2D eigenvalue weighted by molar-refractivity contribution is 5.87. The van der Waals surface area contributed by atoms with Crippen LogP contribution in [0.1, 0.15) is 6.42 Å². The summed E-state index contributed by atoms with van der Waals surface area (Å²) in [4.78, 5) is 4.19. The Morgan fingerprint density at radius 3 is 2.62 bits per heavy atom. The van der Waals surface area contributed by atoms with Gasteiger partial charge in [-0.2, -0.15) is 0 Å². The van der Waals surface area contributed by atoms with Crippen LogP contribution in [0.4, 0.5) is 0 Å². The Bertz CT molecular complexity index is 179. The number of hydrogen-bond donors (Lipinski definition) is 4. The third kappa shape index (κ3) is 2.65. The van der Waals surface area contributed by atoms with Gasteiger partial charge in [-0.05, 0) is 19.5 Å². The van der Waals surface area contributed by atoms with Crippen molar-refractivity contribution in [3.8, 4) is 0 Å². The van der Waals surface area contributed by atoms with E-state index in [4.69, 9.17) is 11.5 Å². The Morgan fingerprint density at radius 1 is 1.46 bits per heavy atom. The highest BCUT2D eigenvalue weighted by atomic mass is 16.3. The second kappa shape index (κ2) is 5.16. The summed E-state index contributed by atoms with van der Waals surface area (Å²) in [5.74, 6) is 0.552. The van der Waals surface area contributed by atoms with Gasteiger partial charge in [0.2, 0.25) is 0 Å². The van der Waals surface area contributed by atoms with Crippen LogP contribution in [0.2, 0.25) is 0 Å². The summed E-state index contributed by atoms with van der Waals surface area (Å²) in [6.45, 7) is 2.43. The lowest BCUT2D eigenvalue weighted by Crippen LogP contribution is -2.46. The summed E-state index contributed by atoms with van der Waals surface area (Å²) in [5.41, 5.74) is 10.9. The van der Waals surface area contributed by atoms with Gasteiger partial charge in [0.05, 0.1) is 0 Å². The zero-order chi connectivity index (χ0) is 9.68. The topological polar surface area (TPSA) is 96.7 Å². The predicted octanol–water partition coefficient (Wildman–Crippen LogP) is -1.73. The molecule has 5 heteroatoms. The summed E-state index contributed by atoms with van der Waals surface area (Å²) in [6, 6.07) is 0. The third-order valence-electron chi connectivity index (χ3n) is 2.26. The van der Waals surface area contributed by atoms with Gasteiger partial charge in [-0.3, -0.25) is 4.99 Å². The second-order valence-electron chi connectivity index (χ2n) is 3.22. The van der Waals surface area contributed by atoms with Gasteiger partial charge >= 0.3 is 0 Å². The van der Waals surface area contributed by atoms with Gasteiger partial charge < -0.3 is 21.9 Å². The molecule has 1 atom stereocenters. The van der Waals surface area contributed by atoms with Crippen LogP contribution < -0.4 is 16.8 Å². The molecule has 0 fully saturated rings. The fourth-order valence-electron chi connectivity index (χ4n) is 1.33. The van der Waals surface area contributed by atoms with E-state index in [9.17, 15) is 5.11 Å². The lowest BCUT2D eigenvalue weighted by Gasteiger charge is -2.24. The van der Waals surface area contributed by atoms with Gasteiger partial charge in [-0.15, -0.1) is 0 Å². The van der Waals surface area contributed by atoms with E-state index in [2.05, 4.69) is 10.3 Å². The molecule has 5 nitrogen and oxygen atoms in total. The Balaban J connectivity index is 2.53. The van der Waals surface area contributed by atoms with Crippen molar-refractivity contribution in [2.24, 2.45) is 22.4 Å². The molecule has 1 aliphatic rings. The highest BCUT2D eigenvalue weighted by Gasteiger charge is 2.22. The monoisotopic (exact) mass is 186 g/mol. The van der Waals surface area contributed by atoms with Crippen molar-refractivity contribution in [3.05, 3.63) is 0 Å². The number of amidine groups is 1. The maximum Gasteiger partial charge on any atom is 0.126 e. The van der Waals surface area contributed by atoms with Crippen molar-refractivity contribution in [1.82, 2.24) is 5.32 Å². The van der Waals surface area contributed by atoms with E-state index in [1.54, 1.807) is 0 Å². The van der Waals surface area contributed by atoms with E-state index in [0.29, 0.717) is 18.9 Å². The smallest absolute Gasteiger partial charge is 0.126 e. The molecule has 1 unspecified atom stereocenters. The molecule has 0 radical (unpaired) electrons. The van der Waals surface area contributed by atoms with Gasteiger partial charge in [-0.25, -0.2) is 0 Å². The van der Waals surface area contributed by atoms with Crippen LogP contribution in [0.5, 0.6) is 0 Å². The minimum atomic E-state index is -0.629. The number of nitrogens with zero attached hydrogens (tertiary/aromatic N) is 1. The van der Waals surface area contributed by atoms with E-state index in [1.807, 2.05) is 0 Å². The number of nitrogens with one attached hydrogen (secondary N) is 1. The molecule has 0 saturated heterocycles. The zero-order valence-electron chi connectivity index (χ0n) is 7.74. The fraction of sp³-hybridized carbons (Fsp3) is 0.875. The number of nitrogens with two attached hydrogens (primary N) is 2. The van der Waals surface area contributed by atoms with Crippen LogP contribution >= 0.6 is 0 Å². The van der Waals surface area contributed by atoms with E-state index in [-0.39, 0.29) is 5.92 Å². The molecule has 13 heavy (non-hydrogen) atoms.